The molecule has 0 aromatic heterocycles. The maximum absolute atomic E-state index is 12.1. The van der Waals surface area contributed by atoms with Crippen LogP contribution >= 0.6 is 0 Å². The number of esters is 2. The summed E-state index contributed by atoms with van der Waals surface area (Å²) < 4.78 is 15.1. The predicted octanol–water partition coefficient (Wildman–Crippen LogP) is 2.13. The molecule has 0 aliphatic carbocycles. The zero-order chi connectivity index (χ0) is 21.2. The number of methoxy groups -OCH3 is 1. The van der Waals surface area contributed by atoms with Crippen molar-refractivity contribution >= 4 is 17.8 Å². The van der Waals surface area contributed by atoms with E-state index in [9.17, 15) is 14.4 Å². The molecule has 0 aliphatic heterocycles. The Balaban J connectivity index is 1.82. The largest absolute Gasteiger partial charge is 0.482 e. The van der Waals surface area contributed by atoms with E-state index in [-0.39, 0.29) is 13.0 Å². The van der Waals surface area contributed by atoms with E-state index in [1.807, 2.05) is 62.4 Å². The second-order valence-corrected chi connectivity index (χ2v) is 6.55. The molecule has 0 spiro atoms. The first-order chi connectivity index (χ1) is 13.9. The van der Waals surface area contributed by atoms with Gasteiger partial charge in [0.15, 0.2) is 13.2 Å². The fraction of sp³-hybridized carbons (Fsp3) is 0.318. The van der Waals surface area contributed by atoms with Crippen molar-refractivity contribution in [3.8, 4) is 5.75 Å². The van der Waals surface area contributed by atoms with Crippen LogP contribution < -0.4 is 10.1 Å². The Morgan fingerprint density at radius 1 is 1.00 bits per heavy atom. The Morgan fingerprint density at radius 2 is 1.72 bits per heavy atom. The molecular formula is C22H25NO6. The van der Waals surface area contributed by atoms with Crippen LogP contribution in [0.1, 0.15) is 16.7 Å². The van der Waals surface area contributed by atoms with Gasteiger partial charge in [0, 0.05) is 6.42 Å². The molecule has 0 saturated carbocycles. The summed E-state index contributed by atoms with van der Waals surface area (Å²) in [6.07, 6.45) is 0.267. The zero-order valence-corrected chi connectivity index (χ0v) is 16.8. The summed E-state index contributed by atoms with van der Waals surface area (Å²) in [5, 5.41) is 2.53. The molecule has 2 aromatic rings. The van der Waals surface area contributed by atoms with Gasteiger partial charge in [-0.2, -0.15) is 0 Å². The van der Waals surface area contributed by atoms with Gasteiger partial charge >= 0.3 is 11.9 Å². The van der Waals surface area contributed by atoms with Crippen molar-refractivity contribution in [2.24, 2.45) is 0 Å². The molecule has 0 fully saturated rings. The molecule has 154 valence electrons. The van der Waals surface area contributed by atoms with E-state index in [0.29, 0.717) is 5.75 Å². The number of benzene rings is 2. The maximum atomic E-state index is 12.1. The minimum atomic E-state index is -0.875. The number of carbonyl (C=O) groups is 3. The molecule has 0 aliphatic rings. The average Bonchev–Trinajstić information content (AvgIpc) is 2.72. The summed E-state index contributed by atoms with van der Waals surface area (Å²) in [6, 6.07) is 14.0. The molecule has 0 heterocycles. The Labute approximate surface area is 170 Å². The molecule has 0 bridgehead atoms. The van der Waals surface area contributed by atoms with Gasteiger partial charge in [-0.3, -0.25) is 4.79 Å². The van der Waals surface area contributed by atoms with E-state index in [1.165, 1.54) is 7.11 Å². The number of hydrogen-bond acceptors (Lipinski definition) is 6. The number of ether oxygens (including phenoxy) is 3. The minimum absolute atomic E-state index is 0.267. The third-order valence-electron chi connectivity index (χ3n) is 4.16. The Morgan fingerprint density at radius 3 is 2.41 bits per heavy atom. The highest BCUT2D eigenvalue weighted by molar-refractivity contribution is 5.86. The van der Waals surface area contributed by atoms with Gasteiger partial charge in [-0.1, -0.05) is 42.5 Å². The summed E-state index contributed by atoms with van der Waals surface area (Å²) in [4.78, 5) is 35.9. The molecule has 1 unspecified atom stereocenters. The normalized spacial score (nSPS) is 11.3. The van der Waals surface area contributed by atoms with Gasteiger partial charge in [0.1, 0.15) is 11.8 Å². The molecule has 7 nitrogen and oxygen atoms in total. The SMILES string of the molecule is COC(=O)C(Cc1ccccc1)NC(=O)COC(=O)COc1cc(C)ccc1C. The highest BCUT2D eigenvalue weighted by Gasteiger charge is 2.22. The van der Waals surface area contributed by atoms with Crippen LogP contribution in [0, 0.1) is 13.8 Å². The van der Waals surface area contributed by atoms with E-state index in [4.69, 9.17) is 14.2 Å². The van der Waals surface area contributed by atoms with Crippen LogP contribution in [0.15, 0.2) is 48.5 Å². The van der Waals surface area contributed by atoms with E-state index in [1.54, 1.807) is 0 Å². The molecule has 1 amide bonds. The van der Waals surface area contributed by atoms with Gasteiger partial charge in [-0.25, -0.2) is 9.59 Å². The highest BCUT2D eigenvalue weighted by atomic mass is 16.6. The first-order valence-corrected chi connectivity index (χ1v) is 9.16. The molecular weight excluding hydrogens is 374 g/mol. The fourth-order valence-corrected chi connectivity index (χ4v) is 2.61. The molecule has 2 aromatic carbocycles. The standard InChI is InChI=1S/C22H25NO6/c1-15-9-10-16(2)19(11-15)28-14-21(25)29-13-20(24)23-18(22(26)27-3)12-17-7-5-4-6-8-17/h4-11,18H,12-14H2,1-3H3,(H,23,24). The van der Waals surface area contributed by atoms with E-state index >= 15 is 0 Å². The zero-order valence-electron chi connectivity index (χ0n) is 16.8. The Hall–Kier alpha value is -3.35. The van der Waals surface area contributed by atoms with Gasteiger partial charge in [0.25, 0.3) is 5.91 Å². The van der Waals surface area contributed by atoms with Crippen molar-refractivity contribution in [2.45, 2.75) is 26.3 Å². The molecule has 0 saturated heterocycles. The van der Waals surface area contributed by atoms with Crippen molar-refractivity contribution in [3.05, 3.63) is 65.2 Å². The number of amides is 1. The maximum Gasteiger partial charge on any atom is 0.344 e. The number of hydrogen-bond donors (Lipinski definition) is 1. The van der Waals surface area contributed by atoms with Crippen LogP contribution in [0.3, 0.4) is 0 Å². The second-order valence-electron chi connectivity index (χ2n) is 6.55. The summed E-state index contributed by atoms with van der Waals surface area (Å²) in [6.45, 7) is 2.95. The molecule has 1 atom stereocenters. The minimum Gasteiger partial charge on any atom is -0.482 e. The lowest BCUT2D eigenvalue weighted by atomic mass is 10.1. The lowest BCUT2D eigenvalue weighted by Gasteiger charge is -2.16. The van der Waals surface area contributed by atoms with E-state index in [2.05, 4.69) is 5.32 Å². The summed E-state index contributed by atoms with van der Waals surface area (Å²) in [5.74, 6) is -1.28. The van der Waals surface area contributed by atoms with Gasteiger partial charge < -0.3 is 19.5 Å². The van der Waals surface area contributed by atoms with Gasteiger partial charge in [0.2, 0.25) is 0 Å². The van der Waals surface area contributed by atoms with Crippen LogP contribution in [-0.4, -0.2) is 44.2 Å². The quantitative estimate of drug-likeness (QED) is 0.650. The number of rotatable bonds is 9. The number of nitrogens with one attached hydrogen (secondary N) is 1. The highest BCUT2D eigenvalue weighted by Crippen LogP contribution is 2.18. The van der Waals surface area contributed by atoms with Crippen LogP contribution in [0.5, 0.6) is 5.75 Å². The lowest BCUT2D eigenvalue weighted by Crippen LogP contribution is -2.44. The number of aryl methyl sites for hydroxylation is 2. The summed E-state index contributed by atoms with van der Waals surface area (Å²) >= 11 is 0. The predicted molar refractivity (Wildman–Crippen MR) is 106 cm³/mol. The van der Waals surface area contributed by atoms with Crippen molar-refractivity contribution < 1.29 is 28.6 Å². The van der Waals surface area contributed by atoms with E-state index in [0.717, 1.165) is 16.7 Å². The van der Waals surface area contributed by atoms with Crippen molar-refractivity contribution in [3.63, 3.8) is 0 Å². The molecule has 2 rings (SSSR count). The first kappa shape index (κ1) is 21.9. The molecule has 7 heteroatoms. The molecule has 1 N–H and O–H groups in total. The smallest absolute Gasteiger partial charge is 0.344 e. The summed E-state index contributed by atoms with van der Waals surface area (Å²) in [7, 11) is 1.25. The fourth-order valence-electron chi connectivity index (χ4n) is 2.61. The van der Waals surface area contributed by atoms with E-state index < -0.39 is 30.5 Å². The van der Waals surface area contributed by atoms with Crippen molar-refractivity contribution in [1.82, 2.24) is 5.32 Å². The molecule has 29 heavy (non-hydrogen) atoms. The molecule has 0 radical (unpaired) electrons. The monoisotopic (exact) mass is 399 g/mol. The topological polar surface area (TPSA) is 90.9 Å². The second kappa shape index (κ2) is 10.8. The van der Waals surface area contributed by atoms with Crippen molar-refractivity contribution in [2.75, 3.05) is 20.3 Å². The van der Waals surface area contributed by atoms with Crippen molar-refractivity contribution in [1.29, 1.82) is 0 Å². The number of carbonyl (C=O) groups excluding carboxylic acids is 3. The van der Waals surface area contributed by atoms with Gasteiger partial charge in [-0.05, 0) is 36.6 Å². The lowest BCUT2D eigenvalue weighted by molar-refractivity contribution is -0.151. The first-order valence-electron chi connectivity index (χ1n) is 9.16. The summed E-state index contributed by atoms with van der Waals surface area (Å²) in [5.41, 5.74) is 2.76. The van der Waals surface area contributed by atoms with Gasteiger partial charge in [-0.15, -0.1) is 0 Å². The third kappa shape index (κ3) is 7.29. The van der Waals surface area contributed by atoms with Crippen LogP contribution in [0.4, 0.5) is 0 Å². The Kier molecular flexibility index (Phi) is 8.21. The Bertz CT molecular complexity index is 850. The van der Waals surface area contributed by atoms with Crippen LogP contribution in [-0.2, 0) is 30.3 Å². The van der Waals surface area contributed by atoms with Crippen LogP contribution in [0.25, 0.3) is 0 Å². The van der Waals surface area contributed by atoms with Gasteiger partial charge in [0.05, 0.1) is 7.11 Å². The third-order valence-corrected chi connectivity index (χ3v) is 4.16. The average molecular weight is 399 g/mol. The van der Waals surface area contributed by atoms with Crippen LogP contribution in [0.2, 0.25) is 0 Å².